The van der Waals surface area contributed by atoms with Crippen LogP contribution in [0.1, 0.15) is 44.2 Å². The standard InChI is InChI=1S/C18H28N2/c1-14(2)17-9-10-20(13-17)12-16-5-3-15(4-6-16)11-19-18-7-8-18/h3-6,14,17-19H,7-13H2,1-2H3. The molecule has 2 nitrogen and oxygen atoms in total. The number of hydrogen-bond acceptors (Lipinski definition) is 2. The topological polar surface area (TPSA) is 15.3 Å². The van der Waals surface area contributed by atoms with E-state index in [4.69, 9.17) is 0 Å². The normalized spacial score (nSPS) is 23.6. The molecule has 2 aliphatic rings. The average Bonchev–Trinajstić information content (AvgIpc) is 3.15. The largest absolute Gasteiger partial charge is 0.310 e. The van der Waals surface area contributed by atoms with Crippen LogP contribution in [0.5, 0.6) is 0 Å². The number of nitrogens with zero attached hydrogens (tertiary/aromatic N) is 1. The van der Waals surface area contributed by atoms with Gasteiger partial charge >= 0.3 is 0 Å². The van der Waals surface area contributed by atoms with Crippen LogP contribution in [0.4, 0.5) is 0 Å². The quantitative estimate of drug-likeness (QED) is 0.853. The van der Waals surface area contributed by atoms with Crippen LogP contribution in [0.3, 0.4) is 0 Å². The van der Waals surface area contributed by atoms with Gasteiger partial charge in [0, 0.05) is 25.7 Å². The van der Waals surface area contributed by atoms with Crippen molar-refractivity contribution in [3.8, 4) is 0 Å². The van der Waals surface area contributed by atoms with Gasteiger partial charge in [0.15, 0.2) is 0 Å². The first-order valence-corrected chi connectivity index (χ1v) is 8.24. The van der Waals surface area contributed by atoms with Crippen molar-refractivity contribution in [2.45, 2.75) is 52.2 Å². The molecule has 1 saturated heterocycles. The van der Waals surface area contributed by atoms with Gasteiger partial charge in [0.1, 0.15) is 0 Å². The minimum absolute atomic E-state index is 0.798. The third kappa shape index (κ3) is 3.83. The van der Waals surface area contributed by atoms with Crippen LogP contribution >= 0.6 is 0 Å². The van der Waals surface area contributed by atoms with Crippen molar-refractivity contribution >= 4 is 0 Å². The van der Waals surface area contributed by atoms with E-state index >= 15 is 0 Å². The van der Waals surface area contributed by atoms with Crippen molar-refractivity contribution in [3.63, 3.8) is 0 Å². The smallest absolute Gasteiger partial charge is 0.0233 e. The highest BCUT2D eigenvalue weighted by Gasteiger charge is 2.24. The van der Waals surface area contributed by atoms with Gasteiger partial charge in [-0.2, -0.15) is 0 Å². The van der Waals surface area contributed by atoms with Crippen molar-refractivity contribution in [1.29, 1.82) is 0 Å². The lowest BCUT2D eigenvalue weighted by atomic mass is 9.95. The minimum Gasteiger partial charge on any atom is -0.310 e. The molecule has 1 heterocycles. The molecule has 0 amide bonds. The second-order valence-electron chi connectivity index (χ2n) is 7.00. The summed E-state index contributed by atoms with van der Waals surface area (Å²) in [5.74, 6) is 1.73. The molecule has 1 aliphatic carbocycles. The van der Waals surface area contributed by atoms with Crippen LogP contribution in [-0.2, 0) is 13.1 Å². The molecule has 1 N–H and O–H groups in total. The third-order valence-corrected chi connectivity index (χ3v) is 4.85. The number of nitrogens with one attached hydrogen (secondary N) is 1. The van der Waals surface area contributed by atoms with Gasteiger partial charge < -0.3 is 5.32 Å². The van der Waals surface area contributed by atoms with E-state index in [2.05, 4.69) is 48.3 Å². The molecule has 1 saturated carbocycles. The Kier molecular flexibility index (Phi) is 4.42. The summed E-state index contributed by atoms with van der Waals surface area (Å²) in [6.45, 7) is 9.42. The molecule has 1 atom stereocenters. The van der Waals surface area contributed by atoms with Crippen molar-refractivity contribution < 1.29 is 0 Å². The lowest BCUT2D eigenvalue weighted by molar-refractivity contribution is 0.297. The van der Waals surface area contributed by atoms with Gasteiger partial charge in [-0.15, -0.1) is 0 Å². The van der Waals surface area contributed by atoms with E-state index in [1.807, 2.05) is 0 Å². The van der Waals surface area contributed by atoms with Gasteiger partial charge in [-0.25, -0.2) is 0 Å². The summed E-state index contributed by atoms with van der Waals surface area (Å²) in [5.41, 5.74) is 2.88. The maximum Gasteiger partial charge on any atom is 0.0233 e. The maximum atomic E-state index is 3.57. The lowest BCUT2D eigenvalue weighted by Gasteiger charge is -2.18. The number of hydrogen-bond donors (Lipinski definition) is 1. The molecule has 0 bridgehead atoms. The Bertz CT molecular complexity index is 420. The summed E-state index contributed by atoms with van der Waals surface area (Å²) in [7, 11) is 0. The molecule has 2 fully saturated rings. The third-order valence-electron chi connectivity index (χ3n) is 4.85. The van der Waals surface area contributed by atoms with E-state index < -0.39 is 0 Å². The second-order valence-corrected chi connectivity index (χ2v) is 7.00. The highest BCUT2D eigenvalue weighted by atomic mass is 15.1. The van der Waals surface area contributed by atoms with Crippen LogP contribution in [-0.4, -0.2) is 24.0 Å². The fraction of sp³-hybridized carbons (Fsp3) is 0.667. The summed E-state index contributed by atoms with van der Waals surface area (Å²) in [4.78, 5) is 2.61. The molecule has 1 aromatic carbocycles. The van der Waals surface area contributed by atoms with E-state index in [0.29, 0.717) is 0 Å². The van der Waals surface area contributed by atoms with Gasteiger partial charge in [0.05, 0.1) is 0 Å². The zero-order valence-electron chi connectivity index (χ0n) is 12.9. The fourth-order valence-corrected chi connectivity index (χ4v) is 3.12. The van der Waals surface area contributed by atoms with Crippen molar-refractivity contribution in [1.82, 2.24) is 10.2 Å². The summed E-state index contributed by atoms with van der Waals surface area (Å²) in [6, 6.07) is 10.0. The van der Waals surface area contributed by atoms with Crippen molar-refractivity contribution in [2.75, 3.05) is 13.1 Å². The predicted octanol–water partition coefficient (Wildman–Crippen LogP) is 3.42. The van der Waals surface area contributed by atoms with Crippen LogP contribution in [0, 0.1) is 11.8 Å². The van der Waals surface area contributed by atoms with Crippen LogP contribution < -0.4 is 5.32 Å². The number of rotatable bonds is 6. The van der Waals surface area contributed by atoms with E-state index in [0.717, 1.165) is 31.0 Å². The lowest BCUT2D eigenvalue weighted by Crippen LogP contribution is -2.21. The summed E-state index contributed by atoms with van der Waals surface area (Å²) in [6.07, 6.45) is 4.11. The Morgan fingerprint density at radius 3 is 2.40 bits per heavy atom. The number of benzene rings is 1. The zero-order valence-corrected chi connectivity index (χ0v) is 12.9. The van der Waals surface area contributed by atoms with Gasteiger partial charge in [0.2, 0.25) is 0 Å². The Morgan fingerprint density at radius 2 is 1.80 bits per heavy atom. The molecule has 20 heavy (non-hydrogen) atoms. The molecule has 1 aliphatic heterocycles. The average molecular weight is 272 g/mol. The molecule has 2 heteroatoms. The molecule has 0 spiro atoms. The van der Waals surface area contributed by atoms with Crippen molar-refractivity contribution in [2.24, 2.45) is 11.8 Å². The molecular weight excluding hydrogens is 244 g/mol. The zero-order chi connectivity index (χ0) is 13.9. The van der Waals surface area contributed by atoms with Crippen LogP contribution in [0.2, 0.25) is 0 Å². The molecular formula is C18H28N2. The highest BCUT2D eigenvalue weighted by Crippen LogP contribution is 2.25. The molecule has 3 rings (SSSR count). The Balaban J connectivity index is 1.47. The Morgan fingerprint density at radius 1 is 1.10 bits per heavy atom. The molecule has 0 aromatic heterocycles. The molecule has 1 aromatic rings. The van der Waals surface area contributed by atoms with Gasteiger partial charge in [-0.05, 0) is 48.8 Å². The SMILES string of the molecule is CC(C)C1CCN(Cc2ccc(CNC3CC3)cc2)C1. The van der Waals surface area contributed by atoms with Crippen molar-refractivity contribution in [3.05, 3.63) is 35.4 Å². The van der Waals surface area contributed by atoms with Gasteiger partial charge in [-0.3, -0.25) is 4.90 Å². The van der Waals surface area contributed by atoms with E-state index in [9.17, 15) is 0 Å². The summed E-state index contributed by atoms with van der Waals surface area (Å²) in [5, 5.41) is 3.57. The van der Waals surface area contributed by atoms with Crippen LogP contribution in [0.15, 0.2) is 24.3 Å². The van der Waals surface area contributed by atoms with Gasteiger partial charge in [-0.1, -0.05) is 38.1 Å². The fourth-order valence-electron chi connectivity index (χ4n) is 3.12. The monoisotopic (exact) mass is 272 g/mol. The molecule has 0 radical (unpaired) electrons. The van der Waals surface area contributed by atoms with Gasteiger partial charge in [0.25, 0.3) is 0 Å². The van der Waals surface area contributed by atoms with E-state index in [1.54, 1.807) is 0 Å². The Hall–Kier alpha value is -0.860. The number of likely N-dealkylation sites (tertiary alicyclic amines) is 1. The predicted molar refractivity (Wildman–Crippen MR) is 84.5 cm³/mol. The van der Waals surface area contributed by atoms with E-state index in [-0.39, 0.29) is 0 Å². The second kappa shape index (κ2) is 6.28. The van der Waals surface area contributed by atoms with E-state index in [1.165, 1.54) is 43.5 Å². The van der Waals surface area contributed by atoms with Crippen LogP contribution in [0.25, 0.3) is 0 Å². The minimum atomic E-state index is 0.798. The highest BCUT2D eigenvalue weighted by molar-refractivity contribution is 5.22. The molecule has 1 unspecified atom stereocenters. The summed E-state index contributed by atoms with van der Waals surface area (Å²) < 4.78 is 0. The molecule has 110 valence electrons. The maximum absolute atomic E-state index is 3.57. The first-order chi connectivity index (χ1) is 9.70. The first kappa shape index (κ1) is 14.1. The summed E-state index contributed by atoms with van der Waals surface area (Å²) >= 11 is 0. The first-order valence-electron chi connectivity index (χ1n) is 8.24. The Labute approximate surface area is 123 Å².